The predicted octanol–water partition coefficient (Wildman–Crippen LogP) is 2.79. The molecule has 0 nitrogen and oxygen atoms in total. The van der Waals surface area contributed by atoms with E-state index in [1.54, 1.807) is 0 Å². The van der Waals surface area contributed by atoms with Gasteiger partial charge in [-0.15, -0.1) is 0 Å². The molecule has 0 aromatic carbocycles. The van der Waals surface area contributed by atoms with Crippen molar-refractivity contribution in [3.05, 3.63) is 0 Å². The van der Waals surface area contributed by atoms with Gasteiger partial charge in [-0.3, -0.25) is 0 Å². The average molecular weight is 235 g/mol. The minimum atomic E-state index is 1.03. The zero-order chi connectivity index (χ0) is 7.11. The summed E-state index contributed by atoms with van der Waals surface area (Å²) >= 11 is 1.97. The van der Waals surface area contributed by atoms with Crippen molar-refractivity contribution >= 4 is 23.0 Å². The van der Waals surface area contributed by atoms with Gasteiger partial charge in [-0.1, -0.05) is 0 Å². The van der Waals surface area contributed by atoms with E-state index in [1.165, 1.54) is 30.1 Å². The van der Waals surface area contributed by atoms with Crippen LogP contribution in [0.3, 0.4) is 0 Å². The van der Waals surface area contributed by atoms with Gasteiger partial charge in [0.25, 0.3) is 0 Å². The number of hydrogen-bond donors (Lipinski definition) is 0. The van der Waals surface area contributed by atoms with Gasteiger partial charge in [0.2, 0.25) is 0 Å². The van der Waals surface area contributed by atoms with E-state index in [1.807, 2.05) is 23.0 Å². The van der Waals surface area contributed by atoms with E-state index in [2.05, 4.69) is 13.8 Å². The Kier molecular flexibility index (Phi) is 7.56. The standard InChI is InChI=1S/C8H17.Sb/c1-4-6-7-8(3)5-2;/h8H,3-7H2,1-2H3;. The van der Waals surface area contributed by atoms with Crippen LogP contribution < -0.4 is 0 Å². The van der Waals surface area contributed by atoms with Gasteiger partial charge in [-0.2, -0.15) is 0 Å². The summed E-state index contributed by atoms with van der Waals surface area (Å²) in [6, 6.07) is 0. The Morgan fingerprint density at radius 1 is 1.33 bits per heavy atom. The van der Waals surface area contributed by atoms with Gasteiger partial charge in [0.15, 0.2) is 0 Å². The van der Waals surface area contributed by atoms with Gasteiger partial charge in [-0.25, -0.2) is 0 Å². The Balaban J connectivity index is 3.09. The van der Waals surface area contributed by atoms with Crippen molar-refractivity contribution in [2.24, 2.45) is 5.92 Å². The molecule has 0 heterocycles. The zero-order valence-corrected chi connectivity index (χ0v) is 9.11. The maximum absolute atomic E-state index is 2.30. The van der Waals surface area contributed by atoms with Crippen molar-refractivity contribution in [2.45, 2.75) is 43.9 Å². The van der Waals surface area contributed by atoms with Crippen LogP contribution in [0.15, 0.2) is 0 Å². The monoisotopic (exact) mass is 234 g/mol. The van der Waals surface area contributed by atoms with Crippen LogP contribution in [0.5, 0.6) is 0 Å². The summed E-state index contributed by atoms with van der Waals surface area (Å²) in [6.45, 7) is 4.57. The molecule has 0 spiro atoms. The molecule has 9 heavy (non-hydrogen) atoms. The molecule has 1 unspecified atom stereocenters. The zero-order valence-electron chi connectivity index (χ0n) is 6.56. The average Bonchev–Trinajstić information content (AvgIpc) is 1.91. The topological polar surface area (TPSA) is 0 Å². The Hall–Kier alpha value is 0.818. The van der Waals surface area contributed by atoms with Crippen LogP contribution in [0.25, 0.3) is 0 Å². The fourth-order valence-electron chi connectivity index (χ4n) is 0.917. The summed E-state index contributed by atoms with van der Waals surface area (Å²) in [6.07, 6.45) is 5.64. The fourth-order valence-corrected chi connectivity index (χ4v) is 2.18. The van der Waals surface area contributed by atoms with E-state index in [0.717, 1.165) is 5.92 Å². The van der Waals surface area contributed by atoms with Gasteiger partial charge < -0.3 is 0 Å². The third-order valence-electron chi connectivity index (χ3n) is 1.80. The number of hydrogen-bond acceptors (Lipinski definition) is 0. The van der Waals surface area contributed by atoms with E-state index < -0.39 is 0 Å². The molecule has 0 N–H and O–H groups in total. The Bertz CT molecular complexity index is 48.5. The summed E-state index contributed by atoms with van der Waals surface area (Å²) in [5.74, 6) is 1.03. The van der Waals surface area contributed by atoms with E-state index in [9.17, 15) is 0 Å². The molecule has 54 valence electrons. The third-order valence-corrected chi connectivity index (χ3v) is 3.28. The van der Waals surface area contributed by atoms with Crippen molar-refractivity contribution < 1.29 is 0 Å². The van der Waals surface area contributed by atoms with Crippen molar-refractivity contribution in [2.75, 3.05) is 0 Å². The van der Waals surface area contributed by atoms with Gasteiger partial charge >= 0.3 is 72.8 Å². The van der Waals surface area contributed by atoms with Crippen LogP contribution in [-0.2, 0) is 0 Å². The van der Waals surface area contributed by atoms with Crippen LogP contribution in [0.4, 0.5) is 0 Å². The van der Waals surface area contributed by atoms with E-state index >= 15 is 0 Å². The van der Waals surface area contributed by atoms with Crippen LogP contribution >= 0.6 is 0 Å². The van der Waals surface area contributed by atoms with E-state index in [0.29, 0.717) is 0 Å². The summed E-state index contributed by atoms with van der Waals surface area (Å²) in [5.41, 5.74) is 0. The molecule has 0 bridgehead atoms. The second kappa shape index (κ2) is 6.93. The summed E-state index contributed by atoms with van der Waals surface area (Å²) in [5, 5.41) is 0. The van der Waals surface area contributed by atoms with Crippen LogP contribution in [-0.4, -0.2) is 23.0 Å². The van der Waals surface area contributed by atoms with Crippen molar-refractivity contribution in [1.29, 1.82) is 0 Å². The third kappa shape index (κ3) is 5.27. The molecule has 2 radical (unpaired) electrons. The normalized spacial score (nSPS) is 13.7. The molecule has 1 atom stereocenters. The maximum atomic E-state index is 2.30. The molecule has 0 aliphatic heterocycles. The summed E-state index contributed by atoms with van der Waals surface area (Å²) in [7, 11) is 0. The van der Waals surface area contributed by atoms with Crippen LogP contribution in [0.1, 0.15) is 39.5 Å². The first-order valence-corrected chi connectivity index (χ1v) is 5.76. The number of rotatable bonds is 5. The fraction of sp³-hybridized carbons (Fsp3) is 1.00. The predicted molar refractivity (Wildman–Crippen MR) is 43.9 cm³/mol. The molecule has 0 aliphatic carbocycles. The summed E-state index contributed by atoms with van der Waals surface area (Å²) < 4.78 is 1.42. The molecule has 0 amide bonds. The minimum absolute atomic E-state index is 1.03. The van der Waals surface area contributed by atoms with E-state index in [4.69, 9.17) is 0 Å². The van der Waals surface area contributed by atoms with Crippen molar-refractivity contribution in [3.8, 4) is 0 Å². The molecule has 0 rings (SSSR count). The molecule has 0 aliphatic rings. The molecule has 0 aromatic rings. The molecule has 0 saturated carbocycles. The Morgan fingerprint density at radius 3 is 2.33 bits per heavy atom. The Labute approximate surface area is 72.9 Å². The van der Waals surface area contributed by atoms with E-state index in [-0.39, 0.29) is 0 Å². The van der Waals surface area contributed by atoms with Crippen LogP contribution in [0, 0.1) is 5.92 Å². The first kappa shape index (κ1) is 9.82. The summed E-state index contributed by atoms with van der Waals surface area (Å²) in [4.78, 5) is 0. The molecule has 0 saturated heterocycles. The Morgan fingerprint density at radius 2 is 2.00 bits per heavy atom. The SMILES string of the molecule is CCCCC(CC)[CH2][Sb]. The van der Waals surface area contributed by atoms with Gasteiger partial charge in [0.1, 0.15) is 0 Å². The first-order valence-electron chi connectivity index (χ1n) is 3.96. The number of unbranched alkanes of at least 4 members (excludes halogenated alkanes) is 1. The van der Waals surface area contributed by atoms with Gasteiger partial charge in [-0.05, 0) is 0 Å². The van der Waals surface area contributed by atoms with Crippen LogP contribution in [0.2, 0.25) is 4.37 Å². The molecule has 0 aromatic heterocycles. The second-order valence-electron chi connectivity index (χ2n) is 2.60. The van der Waals surface area contributed by atoms with Crippen molar-refractivity contribution in [1.82, 2.24) is 0 Å². The molecule has 1 heteroatoms. The van der Waals surface area contributed by atoms with Gasteiger partial charge in [0, 0.05) is 0 Å². The molecular weight excluding hydrogens is 218 g/mol. The molecule has 0 fully saturated rings. The molecular formula is C8H17Sb. The van der Waals surface area contributed by atoms with Crippen molar-refractivity contribution in [3.63, 3.8) is 0 Å². The quantitative estimate of drug-likeness (QED) is 0.642. The first-order chi connectivity index (χ1) is 4.35. The second-order valence-corrected chi connectivity index (χ2v) is 3.64. The van der Waals surface area contributed by atoms with Gasteiger partial charge in [0.05, 0.1) is 0 Å².